The van der Waals surface area contributed by atoms with Crippen LogP contribution in [0.25, 0.3) is 11.3 Å². The minimum absolute atomic E-state index is 0.0370. The number of benzene rings is 2. The van der Waals surface area contributed by atoms with Gasteiger partial charge < -0.3 is 19.4 Å². The van der Waals surface area contributed by atoms with Gasteiger partial charge in [0.25, 0.3) is 0 Å². The number of aryl methyl sites for hydroxylation is 1. The molecule has 1 aliphatic heterocycles. The van der Waals surface area contributed by atoms with Crippen molar-refractivity contribution >= 4 is 5.96 Å². The van der Waals surface area contributed by atoms with Crippen molar-refractivity contribution in [1.29, 1.82) is 0 Å². The van der Waals surface area contributed by atoms with Gasteiger partial charge in [-0.05, 0) is 18.1 Å². The third kappa shape index (κ3) is 4.49. The summed E-state index contributed by atoms with van der Waals surface area (Å²) in [7, 11) is 1.80. The fourth-order valence-electron chi connectivity index (χ4n) is 3.59. The first-order valence-electron chi connectivity index (χ1n) is 9.87. The van der Waals surface area contributed by atoms with Gasteiger partial charge in [-0.3, -0.25) is 4.99 Å². The number of aromatic nitrogens is 1. The van der Waals surface area contributed by atoms with Crippen molar-refractivity contribution in [2.24, 2.45) is 4.99 Å². The molecule has 1 saturated heterocycles. The average molecular weight is 390 g/mol. The van der Waals surface area contributed by atoms with E-state index in [1.54, 1.807) is 13.2 Å². The molecule has 1 aromatic heterocycles. The molecule has 1 N–H and O–H groups in total. The van der Waals surface area contributed by atoms with E-state index in [-0.39, 0.29) is 6.10 Å². The third-order valence-electron chi connectivity index (χ3n) is 5.12. The fraction of sp³-hybridized carbons (Fsp3) is 0.304. The number of oxazole rings is 1. The highest BCUT2D eigenvalue weighted by atomic mass is 16.5. The van der Waals surface area contributed by atoms with Gasteiger partial charge in [0.2, 0.25) is 5.89 Å². The summed E-state index contributed by atoms with van der Waals surface area (Å²) in [5.41, 5.74) is 3.49. The van der Waals surface area contributed by atoms with E-state index in [2.05, 4.69) is 51.4 Å². The molecule has 0 radical (unpaired) electrons. The van der Waals surface area contributed by atoms with Crippen molar-refractivity contribution < 1.29 is 9.15 Å². The summed E-state index contributed by atoms with van der Waals surface area (Å²) in [6.45, 7) is 4.81. The highest BCUT2D eigenvalue weighted by Gasteiger charge is 2.25. The molecule has 1 unspecified atom stereocenters. The summed E-state index contributed by atoms with van der Waals surface area (Å²) in [6, 6.07) is 18.4. The first-order valence-corrected chi connectivity index (χ1v) is 9.87. The Morgan fingerprint density at radius 1 is 1.17 bits per heavy atom. The summed E-state index contributed by atoms with van der Waals surface area (Å²) < 4.78 is 11.9. The van der Waals surface area contributed by atoms with Gasteiger partial charge in [-0.2, -0.15) is 0 Å². The van der Waals surface area contributed by atoms with Crippen LogP contribution in [0, 0.1) is 6.92 Å². The molecule has 4 rings (SSSR count). The van der Waals surface area contributed by atoms with Crippen molar-refractivity contribution in [2.75, 3.05) is 26.7 Å². The monoisotopic (exact) mass is 390 g/mol. The molecule has 0 saturated carbocycles. The number of hydrogen-bond acceptors (Lipinski definition) is 4. The van der Waals surface area contributed by atoms with Crippen LogP contribution >= 0.6 is 0 Å². The van der Waals surface area contributed by atoms with E-state index in [0.717, 1.165) is 30.4 Å². The molecule has 0 bridgehead atoms. The van der Waals surface area contributed by atoms with Crippen molar-refractivity contribution in [1.82, 2.24) is 15.2 Å². The molecule has 3 aromatic rings. The second-order valence-corrected chi connectivity index (χ2v) is 7.05. The lowest BCUT2D eigenvalue weighted by molar-refractivity contribution is -0.00836. The minimum Gasteiger partial charge on any atom is -0.439 e. The SMILES string of the molecule is CN=C(NCc1ncc(-c2ccccc2)o1)N1CCOC(c2ccccc2C)C1. The Bertz CT molecular complexity index is 968. The van der Waals surface area contributed by atoms with E-state index in [9.17, 15) is 0 Å². The van der Waals surface area contributed by atoms with Crippen LogP contribution in [0.5, 0.6) is 0 Å². The minimum atomic E-state index is 0.0370. The molecule has 0 aliphatic carbocycles. The van der Waals surface area contributed by atoms with E-state index in [0.29, 0.717) is 19.0 Å². The smallest absolute Gasteiger partial charge is 0.214 e. The zero-order valence-electron chi connectivity index (χ0n) is 16.8. The van der Waals surface area contributed by atoms with Crippen LogP contribution in [-0.2, 0) is 11.3 Å². The molecular formula is C23H26N4O2. The molecule has 29 heavy (non-hydrogen) atoms. The number of guanidine groups is 1. The number of hydrogen-bond donors (Lipinski definition) is 1. The Morgan fingerprint density at radius 2 is 1.97 bits per heavy atom. The Morgan fingerprint density at radius 3 is 2.76 bits per heavy atom. The van der Waals surface area contributed by atoms with Gasteiger partial charge in [0.1, 0.15) is 6.10 Å². The third-order valence-corrected chi connectivity index (χ3v) is 5.12. The summed E-state index contributed by atoms with van der Waals surface area (Å²) in [5, 5.41) is 3.37. The Kier molecular flexibility index (Phi) is 5.91. The standard InChI is InChI=1S/C23H26N4O2/c1-17-8-6-7-11-19(17)21-16-27(12-13-28-21)23(24-2)26-15-22-25-14-20(29-22)18-9-4-3-5-10-18/h3-11,14,21H,12-13,15-16H2,1-2H3,(H,24,26). The van der Waals surface area contributed by atoms with Crippen LogP contribution < -0.4 is 5.32 Å². The molecule has 1 aliphatic rings. The van der Waals surface area contributed by atoms with Gasteiger partial charge in [0.05, 0.1) is 25.9 Å². The van der Waals surface area contributed by atoms with E-state index in [1.807, 2.05) is 30.3 Å². The largest absolute Gasteiger partial charge is 0.439 e. The molecule has 2 heterocycles. The van der Waals surface area contributed by atoms with Crippen LogP contribution in [0.1, 0.15) is 23.1 Å². The average Bonchev–Trinajstić information content (AvgIpc) is 3.24. The number of ether oxygens (including phenoxy) is 1. The van der Waals surface area contributed by atoms with Crippen molar-refractivity contribution in [3.05, 3.63) is 77.8 Å². The topological polar surface area (TPSA) is 62.9 Å². The van der Waals surface area contributed by atoms with Gasteiger partial charge >= 0.3 is 0 Å². The van der Waals surface area contributed by atoms with Crippen molar-refractivity contribution in [3.63, 3.8) is 0 Å². The molecule has 1 atom stereocenters. The molecule has 1 fully saturated rings. The highest BCUT2D eigenvalue weighted by Crippen LogP contribution is 2.25. The second-order valence-electron chi connectivity index (χ2n) is 7.05. The van der Waals surface area contributed by atoms with E-state index in [1.165, 1.54) is 11.1 Å². The fourth-order valence-corrected chi connectivity index (χ4v) is 3.59. The predicted octanol–water partition coefficient (Wildman–Crippen LogP) is 3.80. The van der Waals surface area contributed by atoms with Gasteiger partial charge in [-0.15, -0.1) is 0 Å². The van der Waals surface area contributed by atoms with Gasteiger partial charge in [0, 0.05) is 19.2 Å². The number of rotatable bonds is 4. The lowest BCUT2D eigenvalue weighted by Crippen LogP contribution is -2.48. The quantitative estimate of drug-likeness (QED) is 0.542. The highest BCUT2D eigenvalue weighted by molar-refractivity contribution is 5.80. The number of nitrogens with zero attached hydrogens (tertiary/aromatic N) is 3. The first kappa shape index (κ1) is 19.2. The second kappa shape index (κ2) is 8.92. The lowest BCUT2D eigenvalue weighted by Gasteiger charge is -2.35. The Labute approximate surface area is 171 Å². The summed E-state index contributed by atoms with van der Waals surface area (Å²) in [6.07, 6.45) is 1.80. The molecule has 6 nitrogen and oxygen atoms in total. The van der Waals surface area contributed by atoms with E-state index >= 15 is 0 Å². The summed E-state index contributed by atoms with van der Waals surface area (Å²) in [5.74, 6) is 2.23. The van der Waals surface area contributed by atoms with Gasteiger partial charge in [0.15, 0.2) is 11.7 Å². The first-order chi connectivity index (χ1) is 14.2. The Hall–Kier alpha value is -3.12. The normalized spacial score (nSPS) is 17.4. The number of aliphatic imine (C=N–C) groups is 1. The molecule has 6 heteroatoms. The van der Waals surface area contributed by atoms with Crippen LogP contribution in [0.2, 0.25) is 0 Å². The van der Waals surface area contributed by atoms with Crippen LogP contribution in [0.3, 0.4) is 0 Å². The number of nitrogens with one attached hydrogen (secondary N) is 1. The maximum atomic E-state index is 6.03. The summed E-state index contributed by atoms with van der Waals surface area (Å²) in [4.78, 5) is 11.1. The molecular weight excluding hydrogens is 364 g/mol. The zero-order valence-corrected chi connectivity index (χ0v) is 16.8. The Balaban J connectivity index is 1.39. The summed E-state index contributed by atoms with van der Waals surface area (Å²) >= 11 is 0. The molecule has 0 spiro atoms. The molecule has 150 valence electrons. The lowest BCUT2D eigenvalue weighted by atomic mass is 10.0. The molecule has 2 aromatic carbocycles. The van der Waals surface area contributed by atoms with Crippen LogP contribution in [0.15, 0.2) is 70.2 Å². The van der Waals surface area contributed by atoms with Crippen molar-refractivity contribution in [2.45, 2.75) is 19.6 Å². The zero-order chi connectivity index (χ0) is 20.1. The number of morpholine rings is 1. The van der Waals surface area contributed by atoms with E-state index < -0.39 is 0 Å². The van der Waals surface area contributed by atoms with Crippen LogP contribution in [-0.4, -0.2) is 42.6 Å². The maximum absolute atomic E-state index is 6.03. The maximum Gasteiger partial charge on any atom is 0.214 e. The molecule has 0 amide bonds. The van der Waals surface area contributed by atoms with Crippen LogP contribution in [0.4, 0.5) is 0 Å². The van der Waals surface area contributed by atoms with E-state index in [4.69, 9.17) is 9.15 Å². The van der Waals surface area contributed by atoms with Crippen molar-refractivity contribution in [3.8, 4) is 11.3 Å². The predicted molar refractivity (Wildman–Crippen MR) is 114 cm³/mol. The van der Waals surface area contributed by atoms with Gasteiger partial charge in [-0.25, -0.2) is 4.98 Å². The van der Waals surface area contributed by atoms with Gasteiger partial charge in [-0.1, -0.05) is 54.6 Å².